The predicted molar refractivity (Wildman–Crippen MR) is 128 cm³/mol. The molecule has 0 spiro atoms. The van der Waals surface area contributed by atoms with Gasteiger partial charge in [-0.1, -0.05) is 30.3 Å². The number of ether oxygens (including phenoxy) is 2. The van der Waals surface area contributed by atoms with Gasteiger partial charge >= 0.3 is 18.1 Å². The molecule has 0 aliphatic heterocycles. The van der Waals surface area contributed by atoms with E-state index in [1.165, 1.54) is 49.4 Å². The summed E-state index contributed by atoms with van der Waals surface area (Å²) in [5, 5.41) is 1.85. The number of alkyl halides is 3. The molecule has 0 aliphatic carbocycles. The summed E-state index contributed by atoms with van der Waals surface area (Å²) in [6.45, 7) is 3.02. The van der Waals surface area contributed by atoms with Gasteiger partial charge in [0.15, 0.2) is 0 Å². The van der Waals surface area contributed by atoms with Gasteiger partial charge in [0.05, 0.1) is 22.0 Å². The molecule has 0 aromatic heterocycles. The topological polar surface area (TPSA) is 98.8 Å². The van der Waals surface area contributed by atoms with Gasteiger partial charge in [0, 0.05) is 6.04 Å². The Morgan fingerprint density at radius 3 is 2.19 bits per heavy atom. The molecule has 0 radical (unpaired) electrons. The Labute approximate surface area is 212 Å². The molecule has 0 saturated heterocycles. The number of carbonyl (C=O) groups excluding carboxylic acids is 2. The summed E-state index contributed by atoms with van der Waals surface area (Å²) >= 11 is 0. The van der Waals surface area contributed by atoms with E-state index in [-0.39, 0.29) is 34.1 Å². The first kappa shape index (κ1) is 27.7. The van der Waals surface area contributed by atoms with E-state index in [1.807, 2.05) is 5.32 Å². The van der Waals surface area contributed by atoms with Crippen LogP contribution in [-0.4, -0.2) is 39.1 Å². The maximum absolute atomic E-state index is 13.4. The largest absolute Gasteiger partial charge is 0.471 e. The zero-order chi connectivity index (χ0) is 27.2. The van der Waals surface area contributed by atoms with E-state index in [0.29, 0.717) is 11.3 Å². The van der Waals surface area contributed by atoms with E-state index >= 15 is 0 Å². The molecule has 0 heterocycles. The Morgan fingerprint density at radius 1 is 0.946 bits per heavy atom. The SMILES string of the molecule is CCOC(=O)c1cc(Oc2ccccc2)ccc1S(=O)(=O)c1ccc(C[C@@H](C)NC(=O)C(F)(F)F)cc1. The second-order valence-electron chi connectivity index (χ2n) is 8.02. The number of hydrogen-bond donors (Lipinski definition) is 1. The van der Waals surface area contributed by atoms with Gasteiger partial charge in [-0.3, -0.25) is 4.79 Å². The molecule has 196 valence electrons. The fourth-order valence-electron chi connectivity index (χ4n) is 3.44. The Balaban J connectivity index is 1.86. The van der Waals surface area contributed by atoms with Crippen LogP contribution in [-0.2, 0) is 25.8 Å². The molecule has 3 aromatic carbocycles. The molecular formula is C26H24F3NO6S. The summed E-state index contributed by atoms with van der Waals surface area (Å²) < 4.78 is 74.9. The minimum absolute atomic E-state index is 0.0276. The maximum Gasteiger partial charge on any atom is 0.471 e. The van der Waals surface area contributed by atoms with Crippen molar-refractivity contribution in [3.05, 3.63) is 83.9 Å². The fraction of sp³-hybridized carbons (Fsp3) is 0.231. The third kappa shape index (κ3) is 7.10. The van der Waals surface area contributed by atoms with Crippen LogP contribution in [0.3, 0.4) is 0 Å². The summed E-state index contributed by atoms with van der Waals surface area (Å²) in [5.41, 5.74) is 0.300. The second-order valence-corrected chi connectivity index (χ2v) is 9.94. The van der Waals surface area contributed by atoms with Crippen LogP contribution in [0.2, 0.25) is 0 Å². The third-order valence-electron chi connectivity index (χ3n) is 5.13. The Kier molecular flexibility index (Phi) is 8.59. The van der Waals surface area contributed by atoms with Crippen LogP contribution in [0.15, 0.2) is 82.6 Å². The van der Waals surface area contributed by atoms with Crippen LogP contribution in [0.5, 0.6) is 11.5 Å². The van der Waals surface area contributed by atoms with Gasteiger partial charge < -0.3 is 14.8 Å². The van der Waals surface area contributed by atoms with Crippen LogP contribution in [0.25, 0.3) is 0 Å². The standard InChI is InChI=1S/C26H24F3NO6S/c1-3-35-24(31)22-16-20(36-19-7-5-4-6-8-19)11-14-23(22)37(33,34)21-12-9-18(10-13-21)15-17(2)30-25(32)26(27,28)29/h4-14,16-17H,3,15H2,1-2H3,(H,30,32)/t17-/m1/s1. The molecule has 0 unspecified atom stereocenters. The molecule has 0 saturated carbocycles. The average Bonchev–Trinajstić information content (AvgIpc) is 2.84. The number of halogens is 3. The third-order valence-corrected chi connectivity index (χ3v) is 6.95. The van der Waals surface area contributed by atoms with Gasteiger partial charge in [-0.05, 0) is 68.3 Å². The Hall–Kier alpha value is -3.86. The van der Waals surface area contributed by atoms with E-state index in [2.05, 4.69) is 0 Å². The number of esters is 1. The van der Waals surface area contributed by atoms with E-state index in [1.54, 1.807) is 37.3 Å². The number of benzene rings is 3. The van der Waals surface area contributed by atoms with Crippen molar-refractivity contribution in [1.82, 2.24) is 5.32 Å². The highest BCUT2D eigenvalue weighted by Crippen LogP contribution is 2.30. The molecule has 1 amide bonds. The first-order chi connectivity index (χ1) is 17.4. The molecule has 3 rings (SSSR count). The number of carbonyl (C=O) groups is 2. The summed E-state index contributed by atoms with van der Waals surface area (Å²) in [5.74, 6) is -2.17. The van der Waals surface area contributed by atoms with Crippen LogP contribution in [0.4, 0.5) is 13.2 Å². The molecular weight excluding hydrogens is 511 g/mol. The van der Waals surface area contributed by atoms with Gasteiger partial charge in [-0.15, -0.1) is 0 Å². The number of rotatable bonds is 9. The molecule has 7 nitrogen and oxygen atoms in total. The number of nitrogens with one attached hydrogen (secondary N) is 1. The summed E-state index contributed by atoms with van der Waals surface area (Å²) in [4.78, 5) is 23.3. The number of hydrogen-bond acceptors (Lipinski definition) is 6. The van der Waals surface area contributed by atoms with Crippen LogP contribution in [0, 0.1) is 0 Å². The van der Waals surface area contributed by atoms with Crippen molar-refractivity contribution in [2.45, 2.75) is 42.3 Å². The minimum Gasteiger partial charge on any atom is -0.462 e. The van der Waals surface area contributed by atoms with Gasteiger partial charge in [-0.2, -0.15) is 13.2 Å². The number of amides is 1. The highest BCUT2D eigenvalue weighted by atomic mass is 32.2. The van der Waals surface area contributed by atoms with Gasteiger partial charge in [0.25, 0.3) is 0 Å². The molecule has 3 aromatic rings. The fourth-order valence-corrected chi connectivity index (χ4v) is 4.87. The van der Waals surface area contributed by atoms with Crippen LogP contribution >= 0.6 is 0 Å². The minimum atomic E-state index is -5.00. The highest BCUT2D eigenvalue weighted by molar-refractivity contribution is 7.91. The Bertz CT molecular complexity index is 1360. The molecule has 11 heteroatoms. The summed E-state index contributed by atoms with van der Waals surface area (Å²) in [6.07, 6.45) is -4.95. The van der Waals surface area contributed by atoms with Crippen molar-refractivity contribution in [2.75, 3.05) is 6.61 Å². The lowest BCUT2D eigenvalue weighted by Gasteiger charge is -2.16. The smallest absolute Gasteiger partial charge is 0.462 e. The normalized spacial score (nSPS) is 12.5. The number of sulfone groups is 1. The van der Waals surface area contributed by atoms with E-state index in [0.717, 1.165) is 0 Å². The second kappa shape index (κ2) is 11.5. The van der Waals surface area contributed by atoms with Crippen molar-refractivity contribution in [3.63, 3.8) is 0 Å². The average molecular weight is 536 g/mol. The number of para-hydroxylation sites is 1. The molecule has 0 bridgehead atoms. The maximum atomic E-state index is 13.4. The highest BCUT2D eigenvalue weighted by Gasteiger charge is 2.39. The van der Waals surface area contributed by atoms with Crippen molar-refractivity contribution < 1.29 is 40.7 Å². The lowest BCUT2D eigenvalue weighted by Crippen LogP contribution is -2.42. The van der Waals surface area contributed by atoms with Crippen molar-refractivity contribution in [3.8, 4) is 11.5 Å². The molecule has 1 atom stereocenters. The van der Waals surface area contributed by atoms with Gasteiger partial charge in [-0.25, -0.2) is 13.2 Å². The van der Waals surface area contributed by atoms with Crippen LogP contribution in [0.1, 0.15) is 29.8 Å². The van der Waals surface area contributed by atoms with Gasteiger partial charge in [0.1, 0.15) is 11.5 Å². The quantitative estimate of drug-likeness (QED) is 0.383. The molecule has 37 heavy (non-hydrogen) atoms. The summed E-state index contributed by atoms with van der Waals surface area (Å²) in [6, 6.07) is 17.3. The van der Waals surface area contributed by atoms with E-state index < -0.39 is 33.9 Å². The van der Waals surface area contributed by atoms with E-state index in [9.17, 15) is 31.2 Å². The van der Waals surface area contributed by atoms with Gasteiger partial charge in [0.2, 0.25) is 9.84 Å². The van der Waals surface area contributed by atoms with Crippen molar-refractivity contribution in [2.24, 2.45) is 0 Å². The van der Waals surface area contributed by atoms with Crippen molar-refractivity contribution in [1.29, 1.82) is 0 Å². The van der Waals surface area contributed by atoms with Crippen molar-refractivity contribution >= 4 is 21.7 Å². The molecule has 0 aliphatic rings. The zero-order valence-corrected chi connectivity index (χ0v) is 20.7. The Morgan fingerprint density at radius 2 is 1.59 bits per heavy atom. The lowest BCUT2D eigenvalue weighted by atomic mass is 10.1. The van der Waals surface area contributed by atoms with Crippen LogP contribution < -0.4 is 10.1 Å². The first-order valence-electron chi connectivity index (χ1n) is 11.2. The summed E-state index contributed by atoms with van der Waals surface area (Å²) in [7, 11) is -4.18. The molecule has 1 N–H and O–H groups in total. The monoisotopic (exact) mass is 535 g/mol. The molecule has 0 fully saturated rings. The zero-order valence-electron chi connectivity index (χ0n) is 19.9. The lowest BCUT2D eigenvalue weighted by molar-refractivity contribution is -0.174. The predicted octanol–water partition coefficient (Wildman–Crippen LogP) is 5.10. The first-order valence-corrected chi connectivity index (χ1v) is 12.7. The van der Waals surface area contributed by atoms with E-state index in [4.69, 9.17) is 9.47 Å².